The van der Waals surface area contributed by atoms with Crippen molar-refractivity contribution in [2.45, 2.75) is 77.5 Å². The normalized spacial score (nSPS) is 16.6. The topological polar surface area (TPSA) is 95.0 Å². The molecular formula is C27H36N8O2. The van der Waals surface area contributed by atoms with E-state index in [4.69, 9.17) is 14.8 Å². The summed E-state index contributed by atoms with van der Waals surface area (Å²) in [5, 5.41) is 9.21. The van der Waals surface area contributed by atoms with Gasteiger partial charge in [-0.15, -0.1) is 0 Å². The number of hydrogen-bond donors (Lipinski definition) is 1. The van der Waals surface area contributed by atoms with Gasteiger partial charge >= 0.3 is 0 Å². The molecule has 1 N–H and O–H groups in total. The number of nitrogens with one attached hydrogen (secondary N) is 1. The summed E-state index contributed by atoms with van der Waals surface area (Å²) in [6.45, 7) is 7.55. The number of amides is 1. The second-order valence-electron chi connectivity index (χ2n) is 10.6. The van der Waals surface area contributed by atoms with Gasteiger partial charge in [-0.2, -0.15) is 5.10 Å². The average molecular weight is 505 g/mol. The van der Waals surface area contributed by atoms with Gasteiger partial charge in [0.25, 0.3) is 0 Å². The van der Waals surface area contributed by atoms with E-state index in [9.17, 15) is 4.79 Å². The first-order valence-corrected chi connectivity index (χ1v) is 13.4. The number of carbonyl (C=O) groups excluding carboxylic acids is 1. The first-order chi connectivity index (χ1) is 17.9. The predicted molar refractivity (Wildman–Crippen MR) is 143 cm³/mol. The number of aromatic nitrogens is 6. The SMILES string of the molecule is CCn1c(CC(=O)N(C2CC2)C2CC2)cc2c3c(ncn3C)c(Nc3cc(C)n(C(C)COC)n3)nc21. The Morgan fingerprint density at radius 3 is 2.62 bits per heavy atom. The van der Waals surface area contributed by atoms with Gasteiger partial charge in [0.15, 0.2) is 11.6 Å². The molecule has 0 saturated heterocycles. The number of pyridine rings is 1. The van der Waals surface area contributed by atoms with Gasteiger partial charge in [-0.05, 0) is 52.5 Å². The molecule has 1 amide bonds. The van der Waals surface area contributed by atoms with Crippen LogP contribution in [0.15, 0.2) is 18.5 Å². The molecule has 2 fully saturated rings. The summed E-state index contributed by atoms with van der Waals surface area (Å²) in [5.74, 6) is 1.62. The van der Waals surface area contributed by atoms with Crippen molar-refractivity contribution >= 4 is 39.6 Å². The lowest BCUT2D eigenvalue weighted by Gasteiger charge is -2.22. The number of hydrogen-bond acceptors (Lipinski definition) is 6. The molecule has 0 spiro atoms. The van der Waals surface area contributed by atoms with Crippen LogP contribution in [-0.4, -0.2) is 65.5 Å². The molecule has 4 aromatic heterocycles. The number of carbonyl (C=O) groups is 1. The molecular weight excluding hydrogens is 468 g/mol. The molecule has 37 heavy (non-hydrogen) atoms. The Balaban J connectivity index is 1.39. The first kappa shape index (κ1) is 24.0. The van der Waals surface area contributed by atoms with Crippen LogP contribution in [0.1, 0.15) is 57.0 Å². The Morgan fingerprint density at radius 1 is 1.24 bits per heavy atom. The van der Waals surface area contributed by atoms with E-state index in [1.54, 1.807) is 7.11 Å². The van der Waals surface area contributed by atoms with Crippen LogP contribution in [0, 0.1) is 6.92 Å². The summed E-state index contributed by atoms with van der Waals surface area (Å²) < 4.78 is 11.5. The van der Waals surface area contributed by atoms with Crippen molar-refractivity contribution < 1.29 is 9.53 Å². The molecule has 4 heterocycles. The average Bonchev–Trinajstić information content (AvgIpc) is 3.77. The van der Waals surface area contributed by atoms with E-state index in [-0.39, 0.29) is 11.9 Å². The van der Waals surface area contributed by atoms with Gasteiger partial charge in [0.1, 0.15) is 11.2 Å². The van der Waals surface area contributed by atoms with Crippen LogP contribution in [0.4, 0.5) is 11.6 Å². The van der Waals surface area contributed by atoms with Crippen molar-refractivity contribution in [3.05, 3.63) is 29.8 Å². The van der Waals surface area contributed by atoms with E-state index in [1.165, 1.54) is 0 Å². The maximum absolute atomic E-state index is 13.4. The van der Waals surface area contributed by atoms with Gasteiger partial charge in [0, 0.05) is 55.6 Å². The van der Waals surface area contributed by atoms with E-state index in [0.717, 1.165) is 65.7 Å². The fourth-order valence-electron chi connectivity index (χ4n) is 5.64. The van der Waals surface area contributed by atoms with E-state index >= 15 is 0 Å². The third kappa shape index (κ3) is 4.27. The zero-order valence-corrected chi connectivity index (χ0v) is 22.4. The van der Waals surface area contributed by atoms with Crippen molar-refractivity contribution in [3.63, 3.8) is 0 Å². The van der Waals surface area contributed by atoms with E-state index in [2.05, 4.69) is 39.7 Å². The minimum Gasteiger partial charge on any atom is -0.382 e. The number of anilines is 2. The van der Waals surface area contributed by atoms with Crippen LogP contribution in [0.25, 0.3) is 22.1 Å². The lowest BCUT2D eigenvalue weighted by molar-refractivity contribution is -0.131. The summed E-state index contributed by atoms with van der Waals surface area (Å²) in [6.07, 6.45) is 6.79. The Kier molecular flexibility index (Phi) is 5.94. The molecule has 2 aliphatic rings. The number of fused-ring (bicyclic) bond motifs is 3. The van der Waals surface area contributed by atoms with E-state index < -0.39 is 0 Å². The largest absolute Gasteiger partial charge is 0.382 e. The van der Waals surface area contributed by atoms with Crippen molar-refractivity contribution in [2.75, 3.05) is 19.0 Å². The van der Waals surface area contributed by atoms with Gasteiger partial charge < -0.3 is 24.1 Å². The highest BCUT2D eigenvalue weighted by atomic mass is 16.5. The number of nitrogens with zero attached hydrogens (tertiary/aromatic N) is 7. The minimum atomic E-state index is 0.120. The summed E-state index contributed by atoms with van der Waals surface area (Å²) in [7, 11) is 3.70. The second kappa shape index (κ2) is 9.16. The number of ether oxygens (including phenoxy) is 1. The number of methoxy groups -OCH3 is 1. The quantitative estimate of drug-likeness (QED) is 0.350. The van der Waals surface area contributed by atoms with Crippen molar-refractivity contribution in [1.82, 2.24) is 33.8 Å². The summed E-state index contributed by atoms with van der Waals surface area (Å²) in [4.78, 5) is 25.3. The van der Waals surface area contributed by atoms with E-state index in [1.807, 2.05) is 35.6 Å². The Hall–Kier alpha value is -3.40. The van der Waals surface area contributed by atoms with Gasteiger partial charge in [-0.3, -0.25) is 9.48 Å². The van der Waals surface area contributed by atoms with Crippen LogP contribution in [-0.2, 0) is 29.5 Å². The molecule has 2 saturated carbocycles. The molecule has 196 valence electrons. The van der Waals surface area contributed by atoms with Gasteiger partial charge in [-0.1, -0.05) is 0 Å². The molecule has 1 unspecified atom stereocenters. The lowest BCUT2D eigenvalue weighted by Crippen LogP contribution is -2.36. The van der Waals surface area contributed by atoms with Crippen LogP contribution in [0.2, 0.25) is 0 Å². The first-order valence-electron chi connectivity index (χ1n) is 13.4. The monoisotopic (exact) mass is 504 g/mol. The Morgan fingerprint density at radius 2 is 1.97 bits per heavy atom. The highest BCUT2D eigenvalue weighted by Gasteiger charge is 2.42. The third-order valence-electron chi connectivity index (χ3n) is 7.60. The molecule has 10 heteroatoms. The third-order valence-corrected chi connectivity index (χ3v) is 7.60. The van der Waals surface area contributed by atoms with Crippen LogP contribution in [0.3, 0.4) is 0 Å². The predicted octanol–water partition coefficient (Wildman–Crippen LogP) is 4.09. The fourth-order valence-corrected chi connectivity index (χ4v) is 5.64. The molecule has 4 aromatic rings. The minimum absolute atomic E-state index is 0.120. The molecule has 0 aromatic carbocycles. The lowest BCUT2D eigenvalue weighted by atomic mass is 10.2. The van der Waals surface area contributed by atoms with Crippen molar-refractivity contribution in [3.8, 4) is 0 Å². The van der Waals surface area contributed by atoms with Crippen LogP contribution < -0.4 is 5.32 Å². The van der Waals surface area contributed by atoms with Gasteiger partial charge in [-0.25, -0.2) is 9.97 Å². The smallest absolute Gasteiger partial charge is 0.229 e. The maximum atomic E-state index is 13.4. The molecule has 0 bridgehead atoms. The highest BCUT2D eigenvalue weighted by molar-refractivity contribution is 6.07. The number of aryl methyl sites for hydroxylation is 3. The molecule has 10 nitrogen and oxygen atoms in total. The Bertz CT molecular complexity index is 1460. The second-order valence-corrected chi connectivity index (χ2v) is 10.6. The number of rotatable bonds is 10. The van der Waals surface area contributed by atoms with Gasteiger partial charge in [0.2, 0.25) is 5.91 Å². The summed E-state index contributed by atoms with van der Waals surface area (Å²) >= 11 is 0. The molecule has 2 aliphatic carbocycles. The van der Waals surface area contributed by atoms with Gasteiger partial charge in [0.05, 0.1) is 30.9 Å². The molecule has 0 aliphatic heterocycles. The van der Waals surface area contributed by atoms with Crippen LogP contribution in [0.5, 0.6) is 0 Å². The standard InChI is InChI=1S/C27H36N8O2/c1-6-33-20(13-23(36)34(18-7-8-18)19-9-10-19)12-21-25-24(28-15-32(25)4)26(30-27(21)33)29-22-11-16(2)35(31-22)17(3)14-37-5/h11-12,15,17-19H,6-10,13-14H2,1-5H3,(H,29,30,31). The highest BCUT2D eigenvalue weighted by Crippen LogP contribution is 2.38. The zero-order valence-electron chi connectivity index (χ0n) is 22.4. The van der Waals surface area contributed by atoms with E-state index in [0.29, 0.717) is 36.7 Å². The van der Waals surface area contributed by atoms with Crippen molar-refractivity contribution in [2.24, 2.45) is 7.05 Å². The van der Waals surface area contributed by atoms with Crippen molar-refractivity contribution in [1.29, 1.82) is 0 Å². The maximum Gasteiger partial charge on any atom is 0.229 e. The Labute approximate surface area is 216 Å². The molecule has 6 rings (SSSR count). The zero-order chi connectivity index (χ0) is 25.8. The summed E-state index contributed by atoms with van der Waals surface area (Å²) in [6, 6.07) is 5.18. The molecule has 0 radical (unpaired) electrons. The fraction of sp³-hybridized carbons (Fsp3) is 0.556. The summed E-state index contributed by atoms with van der Waals surface area (Å²) in [5.41, 5.74) is 4.69. The molecule has 1 atom stereocenters. The number of imidazole rings is 1. The van der Waals surface area contributed by atoms with Crippen LogP contribution >= 0.6 is 0 Å².